The quantitative estimate of drug-likeness (QED) is 0.615. The number of ether oxygens (including phenoxy) is 1. The number of rotatable bonds is 8. The molecule has 0 aromatic heterocycles. The van der Waals surface area contributed by atoms with Crippen molar-refractivity contribution in [3.63, 3.8) is 0 Å². The fourth-order valence-electron chi connectivity index (χ4n) is 1.82. The van der Waals surface area contributed by atoms with Crippen LogP contribution >= 0.6 is 0 Å². The van der Waals surface area contributed by atoms with Gasteiger partial charge in [-0.05, 0) is 24.7 Å². The highest BCUT2D eigenvalue weighted by atomic mass is 16.6. The maximum Gasteiger partial charge on any atom is 0.405 e. The summed E-state index contributed by atoms with van der Waals surface area (Å²) in [6.45, 7) is 7.69. The van der Waals surface area contributed by atoms with Gasteiger partial charge in [-0.15, -0.1) is 0 Å². The lowest BCUT2D eigenvalue weighted by atomic mass is 10.0. The SMILES string of the molecule is CC(C)CC(CO)NC(=O)C(CC(C)C)OC(N)=O. The minimum Gasteiger partial charge on any atom is -0.436 e. The third-order valence-corrected chi connectivity index (χ3v) is 2.56. The third kappa shape index (κ3) is 8.42. The predicted molar refractivity (Wildman–Crippen MR) is 72.4 cm³/mol. The Labute approximate surface area is 114 Å². The van der Waals surface area contributed by atoms with E-state index in [2.05, 4.69) is 5.32 Å². The van der Waals surface area contributed by atoms with Gasteiger partial charge in [0.1, 0.15) is 0 Å². The molecule has 0 aliphatic carbocycles. The number of aliphatic hydroxyl groups excluding tert-OH is 1. The van der Waals surface area contributed by atoms with Gasteiger partial charge in [0.15, 0.2) is 6.10 Å². The molecule has 0 radical (unpaired) electrons. The zero-order valence-electron chi connectivity index (χ0n) is 12.2. The molecule has 0 rings (SSSR count). The lowest BCUT2D eigenvalue weighted by Crippen LogP contribution is -2.46. The number of aliphatic hydroxyl groups is 1. The van der Waals surface area contributed by atoms with E-state index in [4.69, 9.17) is 10.5 Å². The van der Waals surface area contributed by atoms with Crippen LogP contribution in [0.15, 0.2) is 0 Å². The van der Waals surface area contributed by atoms with Gasteiger partial charge in [0.05, 0.1) is 12.6 Å². The molecule has 2 atom stereocenters. The smallest absolute Gasteiger partial charge is 0.405 e. The number of nitrogens with two attached hydrogens (primary N) is 1. The first-order chi connectivity index (χ1) is 8.76. The monoisotopic (exact) mass is 274 g/mol. The topological polar surface area (TPSA) is 102 Å². The minimum absolute atomic E-state index is 0.144. The number of amides is 2. The summed E-state index contributed by atoms with van der Waals surface area (Å²) >= 11 is 0. The molecule has 0 saturated heterocycles. The van der Waals surface area contributed by atoms with Crippen molar-refractivity contribution in [2.45, 2.75) is 52.7 Å². The summed E-state index contributed by atoms with van der Waals surface area (Å²) in [5.41, 5.74) is 4.96. The lowest BCUT2D eigenvalue weighted by molar-refractivity contribution is -0.131. The summed E-state index contributed by atoms with van der Waals surface area (Å²) in [5.74, 6) is 0.123. The number of hydrogen-bond donors (Lipinski definition) is 3. The van der Waals surface area contributed by atoms with Crippen molar-refractivity contribution in [1.82, 2.24) is 5.32 Å². The van der Waals surface area contributed by atoms with E-state index in [1.165, 1.54) is 0 Å². The lowest BCUT2D eigenvalue weighted by Gasteiger charge is -2.23. The molecule has 2 amide bonds. The van der Waals surface area contributed by atoms with Crippen LogP contribution in [0.2, 0.25) is 0 Å². The number of carbonyl (C=O) groups excluding carboxylic acids is 2. The molecule has 0 heterocycles. The summed E-state index contributed by atoms with van der Waals surface area (Å²) in [7, 11) is 0. The predicted octanol–water partition coefficient (Wildman–Crippen LogP) is 1.02. The number of nitrogens with one attached hydrogen (secondary N) is 1. The molecule has 0 aromatic carbocycles. The van der Waals surface area contributed by atoms with E-state index >= 15 is 0 Å². The van der Waals surface area contributed by atoms with Crippen LogP contribution in [0.1, 0.15) is 40.5 Å². The second-order valence-corrected chi connectivity index (χ2v) is 5.57. The molecular weight excluding hydrogens is 248 g/mol. The highest BCUT2D eigenvalue weighted by Crippen LogP contribution is 2.10. The van der Waals surface area contributed by atoms with Gasteiger partial charge in [-0.2, -0.15) is 0 Å². The van der Waals surface area contributed by atoms with Crippen molar-refractivity contribution in [2.75, 3.05) is 6.61 Å². The van der Waals surface area contributed by atoms with Crippen molar-refractivity contribution in [1.29, 1.82) is 0 Å². The molecule has 112 valence electrons. The standard InChI is InChI=1S/C13H26N2O4/c1-8(2)5-10(7-16)15-12(17)11(6-9(3)4)19-13(14)18/h8-11,16H,5-7H2,1-4H3,(H2,14,18)(H,15,17). The Kier molecular flexibility index (Phi) is 8.14. The van der Waals surface area contributed by atoms with Gasteiger partial charge in [0.25, 0.3) is 5.91 Å². The Morgan fingerprint density at radius 2 is 1.68 bits per heavy atom. The Bertz CT molecular complexity index is 292. The van der Waals surface area contributed by atoms with E-state index in [1.54, 1.807) is 0 Å². The van der Waals surface area contributed by atoms with Crippen LogP contribution in [0.3, 0.4) is 0 Å². The fourth-order valence-corrected chi connectivity index (χ4v) is 1.82. The second kappa shape index (κ2) is 8.74. The summed E-state index contributed by atoms with van der Waals surface area (Å²) in [6, 6.07) is -0.335. The summed E-state index contributed by atoms with van der Waals surface area (Å²) < 4.78 is 4.82. The molecule has 2 unspecified atom stereocenters. The molecule has 4 N–H and O–H groups in total. The maximum absolute atomic E-state index is 12.0. The van der Waals surface area contributed by atoms with Crippen LogP contribution in [0, 0.1) is 11.8 Å². The first-order valence-electron chi connectivity index (χ1n) is 6.63. The van der Waals surface area contributed by atoms with E-state index in [-0.39, 0.29) is 18.6 Å². The van der Waals surface area contributed by atoms with Crippen molar-refractivity contribution in [3.05, 3.63) is 0 Å². The highest BCUT2D eigenvalue weighted by molar-refractivity contribution is 5.83. The minimum atomic E-state index is -0.967. The number of carbonyl (C=O) groups is 2. The van der Waals surface area contributed by atoms with Gasteiger partial charge in [-0.1, -0.05) is 27.7 Å². The summed E-state index contributed by atoms with van der Waals surface area (Å²) in [6.07, 6.45) is -0.814. The van der Waals surface area contributed by atoms with Gasteiger partial charge in [0, 0.05) is 0 Å². The number of primary amides is 1. The molecule has 0 fully saturated rings. The molecule has 19 heavy (non-hydrogen) atoms. The molecule has 6 heteroatoms. The number of hydrogen-bond acceptors (Lipinski definition) is 4. The van der Waals surface area contributed by atoms with Crippen molar-refractivity contribution in [3.8, 4) is 0 Å². The average molecular weight is 274 g/mol. The molecule has 0 bridgehead atoms. The third-order valence-electron chi connectivity index (χ3n) is 2.56. The molecule has 6 nitrogen and oxygen atoms in total. The van der Waals surface area contributed by atoms with Crippen LogP contribution in [0.5, 0.6) is 0 Å². The van der Waals surface area contributed by atoms with Crippen LogP contribution in [0.25, 0.3) is 0 Å². The summed E-state index contributed by atoms with van der Waals surface area (Å²) in [4.78, 5) is 22.8. The Morgan fingerprint density at radius 3 is 2.05 bits per heavy atom. The molecular formula is C13H26N2O4. The Hall–Kier alpha value is -1.30. The molecule has 0 saturated carbocycles. The normalized spacial score (nSPS) is 14.3. The zero-order valence-corrected chi connectivity index (χ0v) is 12.2. The van der Waals surface area contributed by atoms with Crippen molar-refractivity contribution < 1.29 is 19.4 Å². The Balaban J connectivity index is 4.55. The van der Waals surface area contributed by atoms with Crippen LogP contribution in [0.4, 0.5) is 4.79 Å². The van der Waals surface area contributed by atoms with E-state index < -0.39 is 18.1 Å². The molecule has 0 aliphatic rings. The fraction of sp³-hybridized carbons (Fsp3) is 0.846. The maximum atomic E-state index is 12.0. The van der Waals surface area contributed by atoms with E-state index in [0.717, 1.165) is 0 Å². The van der Waals surface area contributed by atoms with Gasteiger partial charge in [-0.25, -0.2) is 4.79 Å². The average Bonchev–Trinajstić information content (AvgIpc) is 2.25. The van der Waals surface area contributed by atoms with Gasteiger partial charge < -0.3 is 20.9 Å². The largest absolute Gasteiger partial charge is 0.436 e. The van der Waals surface area contributed by atoms with Crippen molar-refractivity contribution >= 4 is 12.0 Å². The van der Waals surface area contributed by atoms with E-state index in [0.29, 0.717) is 18.8 Å². The van der Waals surface area contributed by atoms with E-state index in [1.807, 2.05) is 27.7 Å². The van der Waals surface area contributed by atoms with Gasteiger partial charge in [0.2, 0.25) is 0 Å². The molecule has 0 aromatic rings. The second-order valence-electron chi connectivity index (χ2n) is 5.57. The first kappa shape index (κ1) is 17.7. The highest BCUT2D eigenvalue weighted by Gasteiger charge is 2.25. The molecule has 0 spiro atoms. The van der Waals surface area contributed by atoms with Crippen LogP contribution in [-0.4, -0.2) is 35.9 Å². The van der Waals surface area contributed by atoms with Crippen molar-refractivity contribution in [2.24, 2.45) is 17.6 Å². The Morgan fingerprint density at radius 1 is 1.16 bits per heavy atom. The van der Waals surface area contributed by atoms with Gasteiger partial charge in [-0.3, -0.25) is 4.79 Å². The summed E-state index contributed by atoms with van der Waals surface area (Å²) in [5, 5.41) is 11.9. The molecule has 0 aliphatic heterocycles. The van der Waals surface area contributed by atoms with Crippen LogP contribution in [-0.2, 0) is 9.53 Å². The first-order valence-corrected chi connectivity index (χ1v) is 6.63. The zero-order chi connectivity index (χ0) is 15.0. The van der Waals surface area contributed by atoms with Crippen LogP contribution < -0.4 is 11.1 Å². The van der Waals surface area contributed by atoms with Gasteiger partial charge >= 0.3 is 6.09 Å². The van der Waals surface area contributed by atoms with E-state index in [9.17, 15) is 14.7 Å².